The van der Waals surface area contributed by atoms with Crippen LogP contribution < -0.4 is 15.0 Å². The van der Waals surface area contributed by atoms with Crippen LogP contribution in [-0.2, 0) is 16.2 Å². The number of fused-ring (bicyclic) bond motifs is 1. The normalized spacial score (nSPS) is 14.9. The number of nitrogens with zero attached hydrogens (tertiary/aromatic N) is 1. The number of rotatable bonds is 5. The number of imide groups is 2. The number of urea groups is 1. The maximum absolute atomic E-state index is 14.2. The van der Waals surface area contributed by atoms with E-state index in [-0.39, 0.29) is 12.2 Å². The summed E-state index contributed by atoms with van der Waals surface area (Å²) < 4.78 is 20.9. The highest BCUT2D eigenvalue weighted by atomic mass is 79.9. The molecule has 4 aromatic rings. The lowest BCUT2D eigenvalue weighted by Crippen LogP contribution is -2.54. The third-order valence-corrected chi connectivity index (χ3v) is 6.28. The van der Waals surface area contributed by atoms with Crippen LogP contribution in [-0.4, -0.2) is 17.8 Å². The molecule has 5 rings (SSSR count). The van der Waals surface area contributed by atoms with Gasteiger partial charge >= 0.3 is 6.03 Å². The molecular weight excluding hydrogens is 527 g/mol. The number of halogens is 2. The Hall–Kier alpha value is -4.30. The van der Waals surface area contributed by atoms with Crippen molar-refractivity contribution in [3.05, 3.63) is 112 Å². The molecule has 0 aliphatic carbocycles. The zero-order valence-electron chi connectivity index (χ0n) is 18.7. The molecule has 0 bridgehead atoms. The Morgan fingerprint density at radius 2 is 1.61 bits per heavy atom. The van der Waals surface area contributed by atoms with E-state index in [1.165, 1.54) is 12.1 Å². The van der Waals surface area contributed by atoms with E-state index >= 15 is 0 Å². The van der Waals surface area contributed by atoms with Gasteiger partial charge in [0, 0.05) is 15.6 Å². The summed E-state index contributed by atoms with van der Waals surface area (Å²) in [6.45, 7) is -0.0508. The number of carbonyl (C=O) groups excluding carboxylic acids is 3. The molecule has 1 saturated heterocycles. The monoisotopic (exact) mass is 544 g/mol. The summed E-state index contributed by atoms with van der Waals surface area (Å²) in [5.74, 6) is -1.62. The Morgan fingerprint density at radius 1 is 0.889 bits per heavy atom. The molecule has 1 aliphatic rings. The van der Waals surface area contributed by atoms with Gasteiger partial charge < -0.3 is 4.74 Å². The van der Waals surface area contributed by atoms with E-state index in [4.69, 9.17) is 4.74 Å². The molecule has 0 aromatic heterocycles. The number of barbiturate groups is 1. The van der Waals surface area contributed by atoms with E-state index in [1.807, 2.05) is 30.3 Å². The molecule has 1 aliphatic heterocycles. The number of anilines is 1. The van der Waals surface area contributed by atoms with Crippen molar-refractivity contribution in [3.8, 4) is 5.75 Å². The molecular formula is C28H18BrFN2O4. The first-order valence-corrected chi connectivity index (χ1v) is 11.8. The van der Waals surface area contributed by atoms with Gasteiger partial charge in [0.15, 0.2) is 0 Å². The van der Waals surface area contributed by atoms with Crippen molar-refractivity contribution in [2.75, 3.05) is 4.90 Å². The molecule has 1 fully saturated rings. The molecule has 36 heavy (non-hydrogen) atoms. The number of amides is 4. The molecule has 0 unspecified atom stereocenters. The van der Waals surface area contributed by atoms with Crippen LogP contribution in [0.15, 0.2) is 95.0 Å². The lowest BCUT2D eigenvalue weighted by atomic mass is 9.99. The molecule has 0 saturated carbocycles. The van der Waals surface area contributed by atoms with Crippen molar-refractivity contribution in [3.63, 3.8) is 0 Å². The summed E-state index contributed by atoms with van der Waals surface area (Å²) in [5.41, 5.74) is 0.911. The first kappa shape index (κ1) is 23.4. The second-order valence-electron chi connectivity index (χ2n) is 8.01. The Morgan fingerprint density at radius 3 is 2.39 bits per heavy atom. The van der Waals surface area contributed by atoms with Crippen LogP contribution >= 0.6 is 15.9 Å². The topological polar surface area (TPSA) is 75.7 Å². The van der Waals surface area contributed by atoms with Crippen molar-refractivity contribution in [2.45, 2.75) is 6.61 Å². The van der Waals surface area contributed by atoms with Gasteiger partial charge in [0.05, 0.1) is 5.69 Å². The molecule has 0 spiro atoms. The molecule has 4 aromatic carbocycles. The van der Waals surface area contributed by atoms with Crippen LogP contribution in [0.4, 0.5) is 14.9 Å². The van der Waals surface area contributed by atoms with Crippen LogP contribution in [0.1, 0.15) is 11.1 Å². The predicted molar refractivity (Wildman–Crippen MR) is 138 cm³/mol. The van der Waals surface area contributed by atoms with Gasteiger partial charge in [-0.25, -0.2) is 14.1 Å². The second kappa shape index (κ2) is 9.75. The fraction of sp³-hybridized carbons (Fsp3) is 0.0357. The first-order valence-electron chi connectivity index (χ1n) is 11.0. The Labute approximate surface area is 214 Å². The van der Waals surface area contributed by atoms with Gasteiger partial charge in [-0.1, -0.05) is 64.5 Å². The lowest BCUT2D eigenvalue weighted by molar-refractivity contribution is -0.122. The van der Waals surface area contributed by atoms with Gasteiger partial charge in [0.1, 0.15) is 23.7 Å². The number of ether oxygens (including phenoxy) is 1. The third kappa shape index (κ3) is 4.50. The van der Waals surface area contributed by atoms with E-state index in [1.54, 1.807) is 48.5 Å². The minimum absolute atomic E-state index is 0.0508. The Bertz CT molecular complexity index is 1550. The number of hydrogen-bond donors (Lipinski definition) is 1. The van der Waals surface area contributed by atoms with Crippen molar-refractivity contribution >= 4 is 56.3 Å². The summed E-state index contributed by atoms with van der Waals surface area (Å²) in [5, 5.41) is 3.81. The van der Waals surface area contributed by atoms with Crippen molar-refractivity contribution < 1.29 is 23.5 Å². The summed E-state index contributed by atoms with van der Waals surface area (Å²) in [7, 11) is 0. The maximum Gasteiger partial charge on any atom is 0.335 e. The highest BCUT2D eigenvalue weighted by Gasteiger charge is 2.37. The lowest BCUT2D eigenvalue weighted by Gasteiger charge is -2.26. The van der Waals surface area contributed by atoms with E-state index in [9.17, 15) is 18.8 Å². The molecule has 1 N–H and O–H groups in total. The maximum atomic E-state index is 14.2. The zero-order valence-corrected chi connectivity index (χ0v) is 20.3. The van der Waals surface area contributed by atoms with E-state index in [2.05, 4.69) is 21.2 Å². The summed E-state index contributed by atoms with van der Waals surface area (Å²) in [4.78, 5) is 39.6. The largest absolute Gasteiger partial charge is 0.488 e. The fourth-order valence-electron chi connectivity index (χ4n) is 3.95. The highest BCUT2D eigenvalue weighted by molar-refractivity contribution is 9.10. The minimum atomic E-state index is -0.835. The molecule has 8 heteroatoms. The number of benzene rings is 4. The minimum Gasteiger partial charge on any atom is -0.488 e. The summed E-state index contributed by atoms with van der Waals surface area (Å²) >= 11 is 3.33. The molecule has 4 amide bonds. The van der Waals surface area contributed by atoms with Crippen LogP contribution in [0.3, 0.4) is 0 Å². The van der Waals surface area contributed by atoms with E-state index in [0.717, 1.165) is 20.1 Å². The number of carbonyl (C=O) groups is 3. The number of hydrogen-bond acceptors (Lipinski definition) is 4. The van der Waals surface area contributed by atoms with Crippen LogP contribution in [0.2, 0.25) is 0 Å². The summed E-state index contributed by atoms with van der Waals surface area (Å²) in [6.07, 6.45) is 1.41. The smallest absolute Gasteiger partial charge is 0.335 e. The second-order valence-corrected chi connectivity index (χ2v) is 8.93. The van der Waals surface area contributed by atoms with Crippen molar-refractivity contribution in [1.82, 2.24) is 5.32 Å². The predicted octanol–water partition coefficient (Wildman–Crippen LogP) is 5.99. The molecule has 0 atom stereocenters. The van der Waals surface area contributed by atoms with Gasteiger partial charge in [-0.15, -0.1) is 0 Å². The summed E-state index contributed by atoms with van der Waals surface area (Å²) in [6, 6.07) is 23.0. The third-order valence-electron chi connectivity index (χ3n) is 5.75. The molecule has 178 valence electrons. The molecule has 1 heterocycles. The average molecular weight is 545 g/mol. The van der Waals surface area contributed by atoms with E-state index < -0.39 is 23.7 Å². The van der Waals surface area contributed by atoms with Crippen LogP contribution in [0, 0.1) is 5.82 Å². The molecule has 6 nitrogen and oxygen atoms in total. The van der Waals surface area contributed by atoms with Crippen molar-refractivity contribution in [2.24, 2.45) is 0 Å². The zero-order chi connectivity index (χ0) is 25.2. The Balaban J connectivity index is 1.59. The highest BCUT2D eigenvalue weighted by Crippen LogP contribution is 2.32. The van der Waals surface area contributed by atoms with Crippen molar-refractivity contribution in [1.29, 1.82) is 0 Å². The fourth-order valence-corrected chi connectivity index (χ4v) is 4.21. The van der Waals surface area contributed by atoms with Crippen LogP contribution in [0.5, 0.6) is 5.75 Å². The van der Waals surface area contributed by atoms with Gasteiger partial charge in [0.25, 0.3) is 11.8 Å². The molecule has 0 radical (unpaired) electrons. The first-order chi connectivity index (χ1) is 17.4. The SMILES string of the molecule is O=C1NC(=O)N(c2ccc(Br)cc2)C(=O)/C1=C/c1c(OCc2ccccc2F)ccc2ccccc12. The number of nitrogens with one attached hydrogen (secondary N) is 1. The Kier molecular flexibility index (Phi) is 6.35. The van der Waals surface area contributed by atoms with E-state index in [0.29, 0.717) is 22.6 Å². The quantitative estimate of drug-likeness (QED) is 0.247. The standard InChI is InChI=1S/C28H18BrFN2O4/c29-19-10-12-20(13-11-19)32-27(34)23(26(33)31-28(32)35)15-22-21-7-3-1-5-17(21)9-14-25(22)36-16-18-6-2-4-8-24(18)30/h1-15H,16H2,(H,31,33,35)/b23-15+. The van der Waals surface area contributed by atoms with Gasteiger partial charge in [-0.3, -0.25) is 14.9 Å². The van der Waals surface area contributed by atoms with Gasteiger partial charge in [-0.2, -0.15) is 0 Å². The van der Waals surface area contributed by atoms with Gasteiger partial charge in [0.2, 0.25) is 0 Å². The van der Waals surface area contributed by atoms with Crippen LogP contribution in [0.25, 0.3) is 16.8 Å². The average Bonchev–Trinajstić information content (AvgIpc) is 2.87. The van der Waals surface area contributed by atoms with Gasteiger partial charge in [-0.05, 0) is 53.2 Å².